The molecular formula is C21H26N2O3. The van der Waals surface area contributed by atoms with Crippen LogP contribution in [0.3, 0.4) is 0 Å². The first-order valence-electron chi connectivity index (χ1n) is 8.99. The molecule has 0 radical (unpaired) electrons. The van der Waals surface area contributed by atoms with E-state index in [1.54, 1.807) is 31.2 Å². The van der Waals surface area contributed by atoms with E-state index in [0.717, 1.165) is 18.4 Å². The van der Waals surface area contributed by atoms with Gasteiger partial charge in [0.05, 0.1) is 11.3 Å². The van der Waals surface area contributed by atoms with E-state index >= 15 is 0 Å². The van der Waals surface area contributed by atoms with Crippen LogP contribution in [0.1, 0.15) is 43.1 Å². The summed E-state index contributed by atoms with van der Waals surface area (Å²) in [4.78, 5) is 24.8. The van der Waals surface area contributed by atoms with Crippen LogP contribution in [0.15, 0.2) is 48.5 Å². The van der Waals surface area contributed by atoms with Gasteiger partial charge in [-0.25, -0.2) is 0 Å². The second-order valence-electron chi connectivity index (χ2n) is 6.01. The molecule has 0 aliphatic carbocycles. The van der Waals surface area contributed by atoms with Gasteiger partial charge in [-0.15, -0.1) is 0 Å². The third-order valence-electron chi connectivity index (χ3n) is 3.99. The highest BCUT2D eigenvalue weighted by atomic mass is 16.5. The summed E-state index contributed by atoms with van der Waals surface area (Å²) in [6, 6.07) is 14.6. The molecule has 0 aliphatic heterocycles. The molecule has 5 nitrogen and oxygen atoms in total. The molecule has 0 aromatic heterocycles. The molecule has 2 aromatic carbocycles. The number of carbonyl (C=O) groups is 2. The zero-order valence-corrected chi connectivity index (χ0v) is 15.5. The summed E-state index contributed by atoms with van der Waals surface area (Å²) in [5, 5.41) is 5.63. The molecular weight excluding hydrogens is 328 g/mol. The van der Waals surface area contributed by atoms with Crippen molar-refractivity contribution in [1.29, 1.82) is 0 Å². The molecule has 26 heavy (non-hydrogen) atoms. The molecule has 2 rings (SSSR count). The molecule has 2 N–H and O–H groups in total. The molecule has 2 aromatic rings. The van der Waals surface area contributed by atoms with E-state index in [1.807, 2.05) is 38.1 Å². The number of rotatable bonds is 8. The van der Waals surface area contributed by atoms with Crippen LogP contribution in [0.25, 0.3) is 0 Å². The molecule has 0 bridgehead atoms. The van der Waals surface area contributed by atoms with E-state index in [9.17, 15) is 9.59 Å². The predicted octanol–water partition coefficient (Wildman–Crippen LogP) is 3.79. The maximum absolute atomic E-state index is 12.5. The summed E-state index contributed by atoms with van der Waals surface area (Å²) < 4.78 is 5.82. The molecule has 1 unspecified atom stereocenters. The first-order valence-corrected chi connectivity index (χ1v) is 8.99. The zero-order valence-electron chi connectivity index (χ0n) is 15.5. The second-order valence-corrected chi connectivity index (χ2v) is 6.01. The fraction of sp³-hybridized carbons (Fsp3) is 0.333. The van der Waals surface area contributed by atoms with Gasteiger partial charge in [0.1, 0.15) is 5.75 Å². The molecule has 138 valence electrons. The third kappa shape index (κ3) is 5.09. The van der Waals surface area contributed by atoms with Crippen molar-refractivity contribution >= 4 is 17.5 Å². The van der Waals surface area contributed by atoms with Gasteiger partial charge in [-0.2, -0.15) is 0 Å². The number of hydrogen-bond donors (Lipinski definition) is 2. The van der Waals surface area contributed by atoms with E-state index in [1.165, 1.54) is 0 Å². The number of hydrogen-bond acceptors (Lipinski definition) is 3. The lowest BCUT2D eigenvalue weighted by Crippen LogP contribution is -2.32. The molecule has 0 aliphatic rings. The van der Waals surface area contributed by atoms with Gasteiger partial charge in [-0.1, -0.05) is 44.2 Å². The molecule has 0 saturated heterocycles. The normalized spacial score (nSPS) is 11.5. The number of nitrogens with one attached hydrogen (secondary N) is 2. The maximum atomic E-state index is 12.5. The number of ether oxygens (including phenoxy) is 1. The molecule has 0 saturated carbocycles. The lowest BCUT2D eigenvalue weighted by atomic mass is 10.1. The maximum Gasteiger partial charge on any atom is 0.265 e. The van der Waals surface area contributed by atoms with Crippen molar-refractivity contribution in [2.45, 2.75) is 39.7 Å². The second kappa shape index (κ2) is 9.61. The van der Waals surface area contributed by atoms with Gasteiger partial charge in [0.2, 0.25) is 0 Å². The van der Waals surface area contributed by atoms with Crippen LogP contribution in [-0.4, -0.2) is 24.5 Å². The average molecular weight is 354 g/mol. The summed E-state index contributed by atoms with van der Waals surface area (Å²) in [5.41, 5.74) is 1.97. The van der Waals surface area contributed by atoms with Crippen molar-refractivity contribution in [3.8, 4) is 5.75 Å². The van der Waals surface area contributed by atoms with Crippen molar-refractivity contribution in [3.63, 3.8) is 0 Å². The summed E-state index contributed by atoms with van der Waals surface area (Å²) in [6.45, 7) is 6.31. The Bertz CT molecular complexity index is 758. The van der Waals surface area contributed by atoms with Crippen molar-refractivity contribution in [2.75, 3.05) is 11.9 Å². The Kier molecular flexibility index (Phi) is 7.21. The van der Waals surface area contributed by atoms with Gasteiger partial charge in [-0.05, 0) is 43.5 Å². The SMILES string of the molecule is CCCNC(=O)c1ccccc1NC(=O)C(C)Oc1ccccc1CC. The van der Waals surface area contributed by atoms with E-state index in [4.69, 9.17) is 4.74 Å². The van der Waals surface area contributed by atoms with Crippen LogP contribution in [-0.2, 0) is 11.2 Å². The third-order valence-corrected chi connectivity index (χ3v) is 3.99. The Labute approximate surface area is 154 Å². The number of carbonyl (C=O) groups excluding carboxylic acids is 2. The Morgan fingerprint density at radius 2 is 1.73 bits per heavy atom. The molecule has 0 fully saturated rings. The fourth-order valence-electron chi connectivity index (χ4n) is 2.51. The minimum Gasteiger partial charge on any atom is -0.481 e. The molecule has 2 amide bonds. The van der Waals surface area contributed by atoms with E-state index in [0.29, 0.717) is 23.5 Å². The average Bonchev–Trinajstić information content (AvgIpc) is 2.66. The highest BCUT2D eigenvalue weighted by Crippen LogP contribution is 2.21. The number of aryl methyl sites for hydroxylation is 1. The number of amides is 2. The van der Waals surface area contributed by atoms with Crippen molar-refractivity contribution in [2.24, 2.45) is 0 Å². The van der Waals surface area contributed by atoms with Gasteiger partial charge in [0, 0.05) is 6.54 Å². The lowest BCUT2D eigenvalue weighted by Gasteiger charge is -2.18. The van der Waals surface area contributed by atoms with Crippen LogP contribution in [0, 0.1) is 0 Å². The lowest BCUT2D eigenvalue weighted by molar-refractivity contribution is -0.122. The largest absolute Gasteiger partial charge is 0.481 e. The summed E-state index contributed by atoms with van der Waals surface area (Å²) >= 11 is 0. The Balaban J connectivity index is 2.08. The highest BCUT2D eigenvalue weighted by Gasteiger charge is 2.19. The first kappa shape index (κ1) is 19.5. The van der Waals surface area contributed by atoms with Crippen LogP contribution < -0.4 is 15.4 Å². The standard InChI is InChI=1S/C21H26N2O3/c1-4-14-22-21(25)17-11-7-8-12-18(17)23-20(24)15(3)26-19-13-9-6-10-16(19)5-2/h6-13,15H,4-5,14H2,1-3H3,(H,22,25)(H,23,24). The Morgan fingerprint density at radius 1 is 1.04 bits per heavy atom. The van der Waals surface area contributed by atoms with Crippen LogP contribution >= 0.6 is 0 Å². The van der Waals surface area contributed by atoms with Gasteiger partial charge >= 0.3 is 0 Å². The van der Waals surface area contributed by atoms with Crippen molar-refractivity contribution < 1.29 is 14.3 Å². The zero-order chi connectivity index (χ0) is 18.9. The topological polar surface area (TPSA) is 67.4 Å². The van der Waals surface area contributed by atoms with E-state index in [2.05, 4.69) is 10.6 Å². The number of anilines is 1. The van der Waals surface area contributed by atoms with Gasteiger partial charge < -0.3 is 15.4 Å². The molecule has 0 heterocycles. The monoisotopic (exact) mass is 354 g/mol. The quantitative estimate of drug-likeness (QED) is 0.758. The molecule has 0 spiro atoms. The predicted molar refractivity (Wildman–Crippen MR) is 104 cm³/mol. The summed E-state index contributed by atoms with van der Waals surface area (Å²) in [6.07, 6.45) is 0.988. The Hall–Kier alpha value is -2.82. The minimum absolute atomic E-state index is 0.201. The van der Waals surface area contributed by atoms with E-state index in [-0.39, 0.29) is 11.8 Å². The first-order chi connectivity index (χ1) is 12.6. The smallest absolute Gasteiger partial charge is 0.265 e. The fourth-order valence-corrected chi connectivity index (χ4v) is 2.51. The molecule has 1 atom stereocenters. The van der Waals surface area contributed by atoms with Gasteiger partial charge in [0.25, 0.3) is 11.8 Å². The number of para-hydroxylation sites is 2. The number of benzene rings is 2. The van der Waals surface area contributed by atoms with Gasteiger partial charge in [-0.3, -0.25) is 9.59 Å². The summed E-state index contributed by atoms with van der Waals surface area (Å²) in [5.74, 6) is 0.200. The summed E-state index contributed by atoms with van der Waals surface area (Å²) in [7, 11) is 0. The van der Waals surface area contributed by atoms with Gasteiger partial charge in [0.15, 0.2) is 6.10 Å². The Morgan fingerprint density at radius 3 is 2.46 bits per heavy atom. The molecule has 5 heteroatoms. The van der Waals surface area contributed by atoms with Crippen molar-refractivity contribution in [3.05, 3.63) is 59.7 Å². The van der Waals surface area contributed by atoms with Crippen LogP contribution in [0.4, 0.5) is 5.69 Å². The van der Waals surface area contributed by atoms with Crippen LogP contribution in [0.5, 0.6) is 5.75 Å². The highest BCUT2D eigenvalue weighted by molar-refractivity contribution is 6.04. The van der Waals surface area contributed by atoms with Crippen molar-refractivity contribution in [1.82, 2.24) is 5.32 Å². The van der Waals surface area contributed by atoms with Crippen LogP contribution in [0.2, 0.25) is 0 Å². The van der Waals surface area contributed by atoms with E-state index < -0.39 is 6.10 Å². The minimum atomic E-state index is -0.686.